The Kier molecular flexibility index (Phi) is 5.48. The van der Waals surface area contributed by atoms with Gasteiger partial charge in [-0.2, -0.15) is 13.2 Å². The summed E-state index contributed by atoms with van der Waals surface area (Å²) in [6.45, 7) is 1.44. The first-order chi connectivity index (χ1) is 13.2. The number of nitrogens with zero attached hydrogens (tertiary/aromatic N) is 2. The summed E-state index contributed by atoms with van der Waals surface area (Å²) < 4.78 is 45.1. The Morgan fingerprint density at radius 3 is 2.57 bits per heavy atom. The van der Waals surface area contributed by atoms with Crippen molar-refractivity contribution in [2.45, 2.75) is 32.0 Å². The standard InChI is InChI=1S/C20H17F3N2O3/c1-13-7-8-17-24-15(9-18(26)25(17)11-13)12-28-19(27)16(10-20(21,22)23)14-5-3-2-4-6-14/h2-9,11,16H,10,12H2,1H3. The van der Waals surface area contributed by atoms with Crippen molar-refractivity contribution in [3.63, 3.8) is 0 Å². The SMILES string of the molecule is Cc1ccc2nc(COC(=O)C(CC(F)(F)F)c3ccccc3)cc(=O)n2c1. The van der Waals surface area contributed by atoms with Gasteiger partial charge in [0.2, 0.25) is 0 Å². The van der Waals surface area contributed by atoms with E-state index in [4.69, 9.17) is 4.74 Å². The van der Waals surface area contributed by atoms with Crippen molar-refractivity contribution in [2.75, 3.05) is 0 Å². The number of benzene rings is 1. The molecule has 0 amide bonds. The molecule has 3 aromatic rings. The maximum atomic E-state index is 12.9. The summed E-state index contributed by atoms with van der Waals surface area (Å²) in [6, 6.07) is 12.3. The van der Waals surface area contributed by atoms with Crippen LogP contribution in [0.5, 0.6) is 0 Å². The highest BCUT2D eigenvalue weighted by Crippen LogP contribution is 2.32. The molecule has 1 aromatic carbocycles. The minimum atomic E-state index is -4.53. The van der Waals surface area contributed by atoms with E-state index >= 15 is 0 Å². The molecule has 0 saturated carbocycles. The van der Waals surface area contributed by atoms with E-state index in [1.54, 1.807) is 36.5 Å². The van der Waals surface area contributed by atoms with Crippen molar-refractivity contribution in [1.29, 1.82) is 0 Å². The third-order valence-corrected chi connectivity index (χ3v) is 4.14. The fourth-order valence-corrected chi connectivity index (χ4v) is 2.83. The molecule has 146 valence electrons. The Morgan fingerprint density at radius 2 is 1.89 bits per heavy atom. The number of aromatic nitrogens is 2. The number of esters is 1. The molecule has 0 spiro atoms. The summed E-state index contributed by atoms with van der Waals surface area (Å²) in [7, 11) is 0. The molecule has 0 radical (unpaired) electrons. The van der Waals surface area contributed by atoms with Gasteiger partial charge in [-0.1, -0.05) is 36.4 Å². The third-order valence-electron chi connectivity index (χ3n) is 4.14. The van der Waals surface area contributed by atoms with Crippen LogP contribution < -0.4 is 5.56 Å². The molecule has 0 aliphatic heterocycles. The number of fused-ring (bicyclic) bond motifs is 1. The minimum Gasteiger partial charge on any atom is -0.459 e. The van der Waals surface area contributed by atoms with Gasteiger partial charge in [0.15, 0.2) is 0 Å². The summed E-state index contributed by atoms with van der Waals surface area (Å²) in [5.74, 6) is -2.50. The van der Waals surface area contributed by atoms with E-state index in [1.165, 1.54) is 22.6 Å². The highest BCUT2D eigenvalue weighted by Gasteiger charge is 2.37. The number of pyridine rings is 1. The minimum absolute atomic E-state index is 0.168. The van der Waals surface area contributed by atoms with E-state index < -0.39 is 24.5 Å². The van der Waals surface area contributed by atoms with Gasteiger partial charge in [-0.05, 0) is 24.1 Å². The lowest BCUT2D eigenvalue weighted by atomic mass is 9.95. The number of alkyl halides is 3. The van der Waals surface area contributed by atoms with Crippen molar-refractivity contribution in [2.24, 2.45) is 0 Å². The van der Waals surface area contributed by atoms with Crippen molar-refractivity contribution in [1.82, 2.24) is 9.38 Å². The van der Waals surface area contributed by atoms with E-state index in [0.29, 0.717) is 5.65 Å². The van der Waals surface area contributed by atoms with Crippen LogP contribution in [0.25, 0.3) is 5.65 Å². The van der Waals surface area contributed by atoms with Crippen LogP contribution in [0.2, 0.25) is 0 Å². The van der Waals surface area contributed by atoms with Gasteiger partial charge in [0.25, 0.3) is 5.56 Å². The van der Waals surface area contributed by atoms with Gasteiger partial charge in [-0.25, -0.2) is 4.98 Å². The average molecular weight is 390 g/mol. The largest absolute Gasteiger partial charge is 0.459 e. The lowest BCUT2D eigenvalue weighted by molar-refractivity contribution is -0.162. The Balaban J connectivity index is 1.80. The van der Waals surface area contributed by atoms with Crippen molar-refractivity contribution in [3.8, 4) is 0 Å². The summed E-state index contributed by atoms with van der Waals surface area (Å²) in [6.07, 6.45) is -4.24. The van der Waals surface area contributed by atoms with Crippen molar-refractivity contribution in [3.05, 3.63) is 81.9 Å². The molecule has 0 saturated heterocycles. The molecule has 2 heterocycles. The van der Waals surface area contributed by atoms with Crippen LogP contribution in [0.15, 0.2) is 59.5 Å². The van der Waals surface area contributed by atoms with Crippen LogP contribution in [0.4, 0.5) is 13.2 Å². The molecule has 1 atom stereocenters. The van der Waals surface area contributed by atoms with Gasteiger partial charge in [0.1, 0.15) is 12.3 Å². The number of halogens is 3. The highest BCUT2D eigenvalue weighted by atomic mass is 19.4. The van der Waals surface area contributed by atoms with Gasteiger partial charge in [-0.15, -0.1) is 0 Å². The zero-order valence-corrected chi connectivity index (χ0v) is 14.9. The topological polar surface area (TPSA) is 60.7 Å². The van der Waals surface area contributed by atoms with Crippen LogP contribution in [0, 0.1) is 6.92 Å². The van der Waals surface area contributed by atoms with Crippen LogP contribution >= 0.6 is 0 Å². The Bertz CT molecular complexity index is 1050. The maximum Gasteiger partial charge on any atom is 0.390 e. The third kappa shape index (κ3) is 4.76. The molecule has 5 nitrogen and oxygen atoms in total. The quantitative estimate of drug-likeness (QED) is 0.622. The zero-order chi connectivity index (χ0) is 20.3. The molecule has 0 bridgehead atoms. The first kappa shape index (κ1) is 19.6. The molecule has 3 rings (SSSR count). The summed E-state index contributed by atoms with van der Waals surface area (Å²) in [4.78, 5) is 28.7. The number of hydrogen-bond donors (Lipinski definition) is 0. The first-order valence-corrected chi connectivity index (χ1v) is 8.50. The second-order valence-electron chi connectivity index (χ2n) is 6.41. The first-order valence-electron chi connectivity index (χ1n) is 8.50. The number of ether oxygens (including phenoxy) is 1. The van der Waals surface area contributed by atoms with Gasteiger partial charge in [0, 0.05) is 12.3 Å². The molecular weight excluding hydrogens is 373 g/mol. The highest BCUT2D eigenvalue weighted by molar-refractivity contribution is 5.78. The normalized spacial score (nSPS) is 12.7. The number of rotatable bonds is 5. The summed E-state index contributed by atoms with van der Waals surface area (Å²) in [5.41, 5.74) is 1.25. The van der Waals surface area contributed by atoms with Gasteiger partial charge in [0.05, 0.1) is 18.0 Å². The zero-order valence-electron chi connectivity index (χ0n) is 14.9. The molecular formula is C20H17F3N2O3. The number of hydrogen-bond acceptors (Lipinski definition) is 4. The fourth-order valence-electron chi connectivity index (χ4n) is 2.83. The maximum absolute atomic E-state index is 12.9. The van der Waals surface area contributed by atoms with Crippen molar-refractivity contribution >= 4 is 11.6 Å². The molecule has 2 aromatic heterocycles. The lowest BCUT2D eigenvalue weighted by Crippen LogP contribution is -2.23. The summed E-state index contributed by atoms with van der Waals surface area (Å²) in [5, 5.41) is 0. The molecule has 28 heavy (non-hydrogen) atoms. The Labute approximate surface area is 158 Å². The predicted molar refractivity (Wildman–Crippen MR) is 95.9 cm³/mol. The van der Waals surface area contributed by atoms with E-state index in [1.807, 2.05) is 6.92 Å². The van der Waals surface area contributed by atoms with E-state index in [9.17, 15) is 22.8 Å². The fraction of sp³-hybridized carbons (Fsp3) is 0.250. The Hall–Kier alpha value is -3.16. The van der Waals surface area contributed by atoms with Crippen LogP contribution in [0.1, 0.15) is 29.2 Å². The second-order valence-corrected chi connectivity index (χ2v) is 6.41. The molecule has 0 aliphatic carbocycles. The Morgan fingerprint density at radius 1 is 1.18 bits per heavy atom. The van der Waals surface area contributed by atoms with Crippen LogP contribution in [-0.2, 0) is 16.1 Å². The lowest BCUT2D eigenvalue weighted by Gasteiger charge is -2.18. The smallest absolute Gasteiger partial charge is 0.390 e. The van der Waals surface area contributed by atoms with Crippen LogP contribution in [-0.4, -0.2) is 21.5 Å². The summed E-state index contributed by atoms with van der Waals surface area (Å²) >= 11 is 0. The monoisotopic (exact) mass is 390 g/mol. The van der Waals surface area contributed by atoms with Crippen molar-refractivity contribution < 1.29 is 22.7 Å². The molecule has 0 N–H and O–H groups in total. The average Bonchev–Trinajstić information content (AvgIpc) is 2.65. The number of carbonyl (C=O) groups is 1. The molecule has 0 fully saturated rings. The van der Waals surface area contributed by atoms with Gasteiger partial charge >= 0.3 is 12.1 Å². The second kappa shape index (κ2) is 7.84. The predicted octanol–water partition coefficient (Wildman–Crippen LogP) is 3.78. The molecule has 0 aliphatic rings. The van der Waals surface area contributed by atoms with Crippen LogP contribution in [0.3, 0.4) is 0 Å². The number of carbonyl (C=O) groups excluding carboxylic acids is 1. The van der Waals surface area contributed by atoms with E-state index in [-0.39, 0.29) is 23.4 Å². The number of aryl methyl sites for hydroxylation is 1. The molecule has 1 unspecified atom stereocenters. The van der Waals surface area contributed by atoms with Gasteiger partial charge < -0.3 is 4.74 Å². The molecule has 8 heteroatoms. The van der Waals surface area contributed by atoms with Gasteiger partial charge in [-0.3, -0.25) is 14.0 Å². The van der Waals surface area contributed by atoms with E-state index in [2.05, 4.69) is 4.98 Å². The van der Waals surface area contributed by atoms with E-state index in [0.717, 1.165) is 5.56 Å².